The maximum absolute atomic E-state index is 13.8. The van der Waals surface area contributed by atoms with E-state index in [1.54, 1.807) is 38.1 Å². The molecule has 7 nitrogen and oxygen atoms in total. The number of aliphatic carboxylic acids is 1. The second-order valence-electron chi connectivity index (χ2n) is 7.84. The summed E-state index contributed by atoms with van der Waals surface area (Å²) >= 11 is 0. The van der Waals surface area contributed by atoms with Crippen LogP contribution < -0.4 is 9.84 Å². The fourth-order valence-electron chi connectivity index (χ4n) is 2.81. The number of carbonyl (C=O) groups excluding carboxylic acids is 3. The van der Waals surface area contributed by atoms with Crippen LogP contribution in [0.3, 0.4) is 0 Å². The average Bonchev–Trinajstić information content (AvgIpc) is 2.72. The zero-order valence-electron chi connectivity index (χ0n) is 18.0. The molecule has 32 heavy (non-hydrogen) atoms. The quantitative estimate of drug-likeness (QED) is 0.447. The van der Waals surface area contributed by atoms with Crippen molar-refractivity contribution in [1.29, 1.82) is 0 Å². The number of carboxylic acids is 1. The van der Waals surface area contributed by atoms with Crippen LogP contribution in [0.2, 0.25) is 0 Å². The van der Waals surface area contributed by atoms with Crippen LogP contribution in [-0.4, -0.2) is 30.1 Å². The van der Waals surface area contributed by atoms with Crippen molar-refractivity contribution >= 4 is 18.1 Å². The molecule has 9 heteroatoms. The molecule has 0 saturated carbocycles. The fourth-order valence-corrected chi connectivity index (χ4v) is 2.81. The Morgan fingerprint density at radius 1 is 0.938 bits per heavy atom. The molecule has 0 amide bonds. The maximum Gasteiger partial charge on any atom is 0.514 e. The van der Waals surface area contributed by atoms with Crippen LogP contribution in [0.4, 0.5) is 13.6 Å². The summed E-state index contributed by atoms with van der Waals surface area (Å²) in [7, 11) is 0. The highest BCUT2D eigenvalue weighted by Gasteiger charge is 2.46. The minimum atomic E-state index is -4.36. The highest BCUT2D eigenvalue weighted by atomic mass is 19.3. The van der Waals surface area contributed by atoms with Gasteiger partial charge in [0.1, 0.15) is 17.3 Å². The van der Waals surface area contributed by atoms with Crippen molar-refractivity contribution in [3.05, 3.63) is 65.7 Å². The van der Waals surface area contributed by atoms with Gasteiger partial charge in [-0.3, -0.25) is 0 Å². The molecule has 1 atom stereocenters. The highest BCUT2D eigenvalue weighted by molar-refractivity contribution is 5.90. The van der Waals surface area contributed by atoms with E-state index in [4.69, 9.17) is 14.2 Å². The zero-order chi connectivity index (χ0) is 24.1. The molecule has 0 aliphatic rings. The van der Waals surface area contributed by atoms with E-state index in [2.05, 4.69) is 0 Å². The number of esters is 1. The van der Waals surface area contributed by atoms with E-state index in [-0.39, 0.29) is 11.3 Å². The number of rotatable bonds is 8. The van der Waals surface area contributed by atoms with Gasteiger partial charge in [0.05, 0.1) is 5.56 Å². The minimum Gasteiger partial charge on any atom is -0.544 e. The average molecular weight is 449 g/mol. The molecule has 0 bridgehead atoms. The molecule has 0 aliphatic carbocycles. The van der Waals surface area contributed by atoms with Crippen LogP contribution in [0.15, 0.2) is 54.6 Å². The first-order chi connectivity index (χ1) is 14.8. The maximum atomic E-state index is 13.8. The van der Waals surface area contributed by atoms with Crippen molar-refractivity contribution in [3.63, 3.8) is 0 Å². The Morgan fingerprint density at radius 3 is 2.00 bits per heavy atom. The van der Waals surface area contributed by atoms with Gasteiger partial charge in [-0.05, 0) is 49.6 Å². The topological polar surface area (TPSA) is 102 Å². The number of carbonyl (C=O) groups is 3. The number of hydrogen-bond donors (Lipinski definition) is 0. The summed E-state index contributed by atoms with van der Waals surface area (Å²) in [6, 6.07) is 13.9. The third-order valence-corrected chi connectivity index (χ3v) is 4.57. The Balaban J connectivity index is 2.04. The lowest BCUT2D eigenvalue weighted by Gasteiger charge is -2.30. The lowest BCUT2D eigenvalue weighted by atomic mass is 9.98. The molecular formula is C23H23F2O7-. The summed E-state index contributed by atoms with van der Waals surface area (Å²) in [5.41, 5.74) is -0.351. The van der Waals surface area contributed by atoms with Gasteiger partial charge in [0.2, 0.25) is 0 Å². The van der Waals surface area contributed by atoms with Gasteiger partial charge in [0.25, 0.3) is 0 Å². The van der Waals surface area contributed by atoms with Gasteiger partial charge in [0.15, 0.2) is 6.10 Å². The van der Waals surface area contributed by atoms with Gasteiger partial charge in [-0.25, -0.2) is 9.59 Å². The Kier molecular flexibility index (Phi) is 7.56. The zero-order valence-corrected chi connectivity index (χ0v) is 18.0. The van der Waals surface area contributed by atoms with Crippen molar-refractivity contribution < 1.29 is 42.5 Å². The summed E-state index contributed by atoms with van der Waals surface area (Å²) in [5, 5.41) is 10.7. The SMILES string of the molecule is CC(C)C(OC(=O)c1ccc(OC(=O)OC(C)(C)c2ccccc2)cc1)C(F)(F)C(=O)[O-]. The van der Waals surface area contributed by atoms with Crippen molar-refractivity contribution in [2.45, 2.75) is 45.3 Å². The van der Waals surface area contributed by atoms with Gasteiger partial charge in [0, 0.05) is 0 Å². The first-order valence-electron chi connectivity index (χ1n) is 9.71. The predicted octanol–water partition coefficient (Wildman–Crippen LogP) is 3.70. The number of hydrogen-bond acceptors (Lipinski definition) is 7. The van der Waals surface area contributed by atoms with Crippen LogP contribution >= 0.6 is 0 Å². The lowest BCUT2D eigenvalue weighted by molar-refractivity contribution is -0.337. The van der Waals surface area contributed by atoms with Crippen LogP contribution in [0.25, 0.3) is 0 Å². The first-order valence-corrected chi connectivity index (χ1v) is 9.71. The van der Waals surface area contributed by atoms with Crippen LogP contribution in [0.1, 0.15) is 43.6 Å². The van der Waals surface area contributed by atoms with E-state index in [9.17, 15) is 28.3 Å². The summed E-state index contributed by atoms with van der Waals surface area (Å²) in [6.07, 6.45) is -3.20. The molecule has 0 heterocycles. The van der Waals surface area contributed by atoms with E-state index < -0.39 is 41.6 Å². The molecule has 0 aliphatic heterocycles. The molecular weight excluding hydrogens is 426 g/mol. The normalized spacial score (nSPS) is 12.7. The molecule has 0 aromatic heterocycles. The highest BCUT2D eigenvalue weighted by Crippen LogP contribution is 2.28. The summed E-state index contributed by atoms with van der Waals surface area (Å²) < 4.78 is 42.7. The van der Waals surface area contributed by atoms with Crippen molar-refractivity contribution in [2.75, 3.05) is 0 Å². The third-order valence-electron chi connectivity index (χ3n) is 4.57. The molecule has 1 unspecified atom stereocenters. The number of halogens is 2. The van der Waals surface area contributed by atoms with Crippen molar-refractivity contribution in [2.24, 2.45) is 5.92 Å². The van der Waals surface area contributed by atoms with Gasteiger partial charge in [-0.1, -0.05) is 44.2 Å². The minimum absolute atomic E-state index is 0.0379. The Hall–Kier alpha value is -3.49. The standard InChI is InChI=1S/C23H24F2O7/c1-14(2)18(23(24,25)20(27)28)31-19(26)15-10-12-17(13-11-15)30-21(29)32-22(3,4)16-8-6-5-7-9-16/h5-14,18H,1-4H3,(H,27,28)/p-1. The number of carboxylic acid groups (broad SMARTS) is 1. The van der Waals surface area contributed by atoms with Crippen molar-refractivity contribution in [1.82, 2.24) is 0 Å². The molecule has 2 rings (SSSR count). The fraction of sp³-hybridized carbons (Fsp3) is 0.348. The van der Waals surface area contributed by atoms with Gasteiger partial charge < -0.3 is 24.1 Å². The number of alkyl halides is 2. The molecule has 2 aromatic carbocycles. The van der Waals surface area contributed by atoms with Crippen LogP contribution in [0, 0.1) is 5.92 Å². The molecule has 172 valence electrons. The number of ether oxygens (including phenoxy) is 3. The smallest absolute Gasteiger partial charge is 0.514 e. The largest absolute Gasteiger partial charge is 0.544 e. The third kappa shape index (κ3) is 6.03. The Bertz CT molecular complexity index is 954. The monoisotopic (exact) mass is 449 g/mol. The summed E-state index contributed by atoms with van der Waals surface area (Å²) in [4.78, 5) is 35.0. The van der Waals surface area contributed by atoms with E-state index in [1.165, 1.54) is 38.1 Å². The molecule has 2 aromatic rings. The van der Waals surface area contributed by atoms with E-state index in [0.29, 0.717) is 0 Å². The van der Waals surface area contributed by atoms with Gasteiger partial charge in [-0.15, -0.1) is 0 Å². The lowest BCUT2D eigenvalue weighted by Crippen LogP contribution is -2.53. The summed E-state index contributed by atoms with van der Waals surface area (Å²) in [5.74, 6) is -9.11. The first kappa shape index (κ1) is 24.8. The molecule has 0 radical (unpaired) electrons. The predicted molar refractivity (Wildman–Crippen MR) is 107 cm³/mol. The molecule has 0 N–H and O–H groups in total. The molecule has 0 fully saturated rings. The second kappa shape index (κ2) is 9.76. The van der Waals surface area contributed by atoms with E-state index in [0.717, 1.165) is 5.56 Å². The summed E-state index contributed by atoms with van der Waals surface area (Å²) in [6.45, 7) is 5.95. The van der Waals surface area contributed by atoms with Gasteiger partial charge >= 0.3 is 18.0 Å². The molecule has 0 saturated heterocycles. The Morgan fingerprint density at radius 2 is 1.50 bits per heavy atom. The van der Waals surface area contributed by atoms with E-state index >= 15 is 0 Å². The van der Waals surface area contributed by atoms with E-state index in [1.807, 2.05) is 6.07 Å². The Labute approximate surface area is 183 Å². The van der Waals surface area contributed by atoms with Gasteiger partial charge in [-0.2, -0.15) is 8.78 Å². The second-order valence-corrected chi connectivity index (χ2v) is 7.84. The van der Waals surface area contributed by atoms with Crippen LogP contribution in [-0.2, 0) is 19.9 Å². The molecule has 0 spiro atoms. The number of benzene rings is 2. The van der Waals surface area contributed by atoms with Crippen molar-refractivity contribution in [3.8, 4) is 5.75 Å². The van der Waals surface area contributed by atoms with Crippen LogP contribution in [0.5, 0.6) is 5.75 Å².